The zero-order chi connectivity index (χ0) is 16.8. The van der Waals surface area contributed by atoms with Gasteiger partial charge in [0.05, 0.1) is 0 Å². The number of amides is 1. The standard InChI is InChI=1S/C17H24FNO3/c1-17(2,3)19(16(21)22)12-6-4-5-7-15(20)13-8-10-14(18)11-9-13/h8-11H,4-7,12H2,1-3H3,(H,21,22). The van der Waals surface area contributed by atoms with Crippen molar-refractivity contribution in [1.29, 1.82) is 0 Å². The molecule has 0 saturated carbocycles. The van der Waals surface area contributed by atoms with Gasteiger partial charge in [-0.25, -0.2) is 9.18 Å². The van der Waals surface area contributed by atoms with Crippen LogP contribution in [0.2, 0.25) is 0 Å². The molecule has 5 heteroatoms. The van der Waals surface area contributed by atoms with E-state index in [4.69, 9.17) is 5.11 Å². The SMILES string of the molecule is CC(C)(C)N(CCCCCC(=O)c1ccc(F)cc1)C(=O)O. The number of hydrogen-bond donors (Lipinski definition) is 1. The van der Waals surface area contributed by atoms with Crippen molar-refractivity contribution < 1.29 is 19.1 Å². The third-order valence-electron chi connectivity index (χ3n) is 3.49. The summed E-state index contributed by atoms with van der Waals surface area (Å²) in [6.07, 6.45) is 1.68. The number of nitrogens with zero attached hydrogens (tertiary/aromatic N) is 1. The van der Waals surface area contributed by atoms with Gasteiger partial charge in [-0.1, -0.05) is 6.42 Å². The van der Waals surface area contributed by atoms with Crippen LogP contribution in [0.4, 0.5) is 9.18 Å². The minimum absolute atomic E-state index is 0.00841. The van der Waals surface area contributed by atoms with Gasteiger partial charge in [-0.3, -0.25) is 4.79 Å². The van der Waals surface area contributed by atoms with Crippen LogP contribution in [0.1, 0.15) is 56.8 Å². The number of Topliss-reactive ketones (excluding diaryl/α,β-unsaturated/α-hetero) is 1. The molecule has 0 aromatic heterocycles. The summed E-state index contributed by atoms with van der Waals surface area (Å²) >= 11 is 0. The van der Waals surface area contributed by atoms with Gasteiger partial charge in [-0.2, -0.15) is 0 Å². The summed E-state index contributed by atoms with van der Waals surface area (Å²) in [5.74, 6) is -0.363. The Morgan fingerprint density at radius 1 is 1.09 bits per heavy atom. The third kappa shape index (κ3) is 5.84. The predicted octanol–water partition coefficient (Wildman–Crippen LogP) is 4.35. The second-order valence-corrected chi connectivity index (χ2v) is 6.35. The fourth-order valence-corrected chi connectivity index (χ4v) is 2.23. The first-order valence-electron chi connectivity index (χ1n) is 7.51. The second kappa shape index (κ2) is 7.92. The van der Waals surface area contributed by atoms with Crippen molar-refractivity contribution in [2.45, 2.75) is 52.0 Å². The van der Waals surface area contributed by atoms with E-state index in [9.17, 15) is 14.0 Å². The number of benzene rings is 1. The first-order chi connectivity index (χ1) is 10.2. The number of hydrogen-bond acceptors (Lipinski definition) is 2. The van der Waals surface area contributed by atoms with Crippen molar-refractivity contribution in [2.24, 2.45) is 0 Å². The number of carboxylic acid groups (broad SMARTS) is 1. The van der Waals surface area contributed by atoms with Gasteiger partial charge in [-0.05, 0) is 57.9 Å². The van der Waals surface area contributed by atoms with Gasteiger partial charge in [0.1, 0.15) is 5.82 Å². The van der Waals surface area contributed by atoms with E-state index in [0.717, 1.165) is 12.8 Å². The Kier molecular flexibility index (Phi) is 6.53. The molecular formula is C17H24FNO3. The van der Waals surface area contributed by atoms with E-state index in [1.54, 1.807) is 0 Å². The average Bonchev–Trinajstić information content (AvgIpc) is 2.41. The van der Waals surface area contributed by atoms with Crippen LogP contribution in [0, 0.1) is 5.82 Å². The molecule has 0 unspecified atom stereocenters. The molecule has 1 aromatic carbocycles. The first-order valence-corrected chi connectivity index (χ1v) is 7.51. The van der Waals surface area contributed by atoms with Gasteiger partial charge < -0.3 is 10.0 Å². The summed E-state index contributed by atoms with van der Waals surface area (Å²) in [6, 6.07) is 5.54. The molecule has 1 N–H and O–H groups in total. The molecule has 0 fully saturated rings. The van der Waals surface area contributed by atoms with E-state index in [1.807, 2.05) is 20.8 Å². The highest BCUT2D eigenvalue weighted by molar-refractivity contribution is 5.95. The molecule has 0 saturated heterocycles. The average molecular weight is 309 g/mol. The lowest BCUT2D eigenvalue weighted by atomic mass is 10.0. The van der Waals surface area contributed by atoms with Crippen molar-refractivity contribution >= 4 is 11.9 Å². The summed E-state index contributed by atoms with van der Waals surface area (Å²) in [6.45, 7) is 6.04. The lowest BCUT2D eigenvalue weighted by molar-refractivity contribution is 0.0953. The topological polar surface area (TPSA) is 57.6 Å². The maximum atomic E-state index is 12.8. The molecule has 1 amide bonds. The van der Waals surface area contributed by atoms with E-state index in [2.05, 4.69) is 0 Å². The van der Waals surface area contributed by atoms with Gasteiger partial charge in [0.15, 0.2) is 5.78 Å². The van der Waals surface area contributed by atoms with Crippen LogP contribution >= 0.6 is 0 Å². The summed E-state index contributed by atoms with van der Waals surface area (Å²) in [5, 5.41) is 9.17. The summed E-state index contributed by atoms with van der Waals surface area (Å²) in [4.78, 5) is 24.5. The summed E-state index contributed by atoms with van der Waals surface area (Å²) in [7, 11) is 0. The van der Waals surface area contributed by atoms with Gasteiger partial charge in [0.2, 0.25) is 0 Å². The Morgan fingerprint density at radius 2 is 1.68 bits per heavy atom. The molecule has 1 aromatic rings. The Labute approximate surface area is 130 Å². The van der Waals surface area contributed by atoms with E-state index >= 15 is 0 Å². The van der Waals surface area contributed by atoms with E-state index in [-0.39, 0.29) is 11.6 Å². The van der Waals surface area contributed by atoms with Gasteiger partial charge >= 0.3 is 6.09 Å². The summed E-state index contributed by atoms with van der Waals surface area (Å²) in [5.41, 5.74) is 0.0960. The van der Waals surface area contributed by atoms with Crippen molar-refractivity contribution in [3.63, 3.8) is 0 Å². The quantitative estimate of drug-likeness (QED) is 0.602. The van der Waals surface area contributed by atoms with Crippen LogP contribution < -0.4 is 0 Å². The number of ketones is 1. The highest BCUT2D eigenvalue weighted by Gasteiger charge is 2.25. The summed E-state index contributed by atoms with van der Waals surface area (Å²) < 4.78 is 12.8. The van der Waals surface area contributed by atoms with E-state index in [0.29, 0.717) is 24.9 Å². The van der Waals surface area contributed by atoms with Crippen LogP contribution in [0.3, 0.4) is 0 Å². The van der Waals surface area contributed by atoms with Crippen molar-refractivity contribution in [3.05, 3.63) is 35.6 Å². The normalized spacial score (nSPS) is 11.3. The van der Waals surface area contributed by atoms with Gasteiger partial charge in [0.25, 0.3) is 0 Å². The molecule has 4 nitrogen and oxygen atoms in total. The Balaban J connectivity index is 2.32. The van der Waals surface area contributed by atoms with Gasteiger partial charge in [-0.15, -0.1) is 0 Å². The Hall–Kier alpha value is -1.91. The molecule has 1 rings (SSSR count). The first kappa shape index (κ1) is 18.1. The van der Waals surface area contributed by atoms with Crippen LogP contribution in [0.25, 0.3) is 0 Å². The smallest absolute Gasteiger partial charge is 0.407 e. The maximum Gasteiger partial charge on any atom is 0.407 e. The number of rotatable bonds is 7. The molecule has 0 radical (unpaired) electrons. The van der Waals surface area contributed by atoms with Crippen LogP contribution in [-0.2, 0) is 0 Å². The Bertz CT molecular complexity index is 506. The predicted molar refractivity (Wildman–Crippen MR) is 83.7 cm³/mol. The number of unbranched alkanes of at least 4 members (excludes halogenated alkanes) is 2. The van der Waals surface area contributed by atoms with Crippen molar-refractivity contribution in [2.75, 3.05) is 6.54 Å². The van der Waals surface area contributed by atoms with E-state index < -0.39 is 11.6 Å². The minimum atomic E-state index is -0.921. The molecule has 22 heavy (non-hydrogen) atoms. The van der Waals surface area contributed by atoms with Crippen LogP contribution in [-0.4, -0.2) is 34.0 Å². The number of carbonyl (C=O) groups excluding carboxylic acids is 1. The minimum Gasteiger partial charge on any atom is -0.465 e. The second-order valence-electron chi connectivity index (χ2n) is 6.35. The molecule has 0 aliphatic heterocycles. The highest BCUT2D eigenvalue weighted by Crippen LogP contribution is 2.15. The number of carbonyl (C=O) groups is 2. The van der Waals surface area contributed by atoms with Gasteiger partial charge in [0, 0.05) is 24.1 Å². The van der Waals surface area contributed by atoms with Crippen molar-refractivity contribution in [3.8, 4) is 0 Å². The lowest BCUT2D eigenvalue weighted by Crippen LogP contribution is -2.45. The third-order valence-corrected chi connectivity index (χ3v) is 3.49. The Morgan fingerprint density at radius 3 is 2.18 bits per heavy atom. The van der Waals surface area contributed by atoms with Crippen molar-refractivity contribution in [1.82, 2.24) is 4.90 Å². The molecule has 0 aliphatic carbocycles. The largest absolute Gasteiger partial charge is 0.465 e. The zero-order valence-corrected chi connectivity index (χ0v) is 13.4. The molecule has 0 aliphatic rings. The maximum absolute atomic E-state index is 12.8. The highest BCUT2D eigenvalue weighted by atomic mass is 19.1. The molecule has 0 spiro atoms. The lowest BCUT2D eigenvalue weighted by Gasteiger charge is -2.33. The fourth-order valence-electron chi connectivity index (χ4n) is 2.23. The molecule has 0 heterocycles. The molecular weight excluding hydrogens is 285 g/mol. The number of halogens is 1. The molecule has 0 bridgehead atoms. The molecule has 0 atom stereocenters. The molecule has 122 valence electrons. The monoisotopic (exact) mass is 309 g/mol. The van der Waals surface area contributed by atoms with E-state index in [1.165, 1.54) is 29.2 Å². The zero-order valence-electron chi connectivity index (χ0n) is 13.4. The fraction of sp³-hybridized carbons (Fsp3) is 0.529. The van der Waals surface area contributed by atoms with Crippen LogP contribution in [0.5, 0.6) is 0 Å². The van der Waals surface area contributed by atoms with Crippen LogP contribution in [0.15, 0.2) is 24.3 Å².